The van der Waals surface area contributed by atoms with E-state index in [2.05, 4.69) is 10.3 Å². The zero-order chi connectivity index (χ0) is 32.0. The fraction of sp³-hybridized carbons (Fsp3) is 0.200. The molecule has 4 aromatic rings. The van der Waals surface area contributed by atoms with Crippen molar-refractivity contribution in [3.8, 4) is 11.5 Å². The van der Waals surface area contributed by atoms with Crippen LogP contribution in [-0.4, -0.2) is 41.7 Å². The number of thiazole rings is 1. The molecule has 0 aliphatic carbocycles. The lowest BCUT2D eigenvalue weighted by Crippen LogP contribution is -2.32. The molecule has 1 saturated heterocycles. The van der Waals surface area contributed by atoms with E-state index in [1.165, 1.54) is 31.4 Å². The van der Waals surface area contributed by atoms with Gasteiger partial charge in [0.2, 0.25) is 11.8 Å². The van der Waals surface area contributed by atoms with E-state index >= 15 is 0 Å². The van der Waals surface area contributed by atoms with Crippen LogP contribution in [0.5, 0.6) is 11.5 Å². The lowest BCUT2D eigenvalue weighted by Gasteiger charge is -2.31. The van der Waals surface area contributed by atoms with Crippen LogP contribution < -0.4 is 24.6 Å². The molecule has 3 unspecified atom stereocenters. The molecule has 0 saturated carbocycles. The minimum absolute atomic E-state index is 0.0719. The highest BCUT2D eigenvalue weighted by molar-refractivity contribution is 8.00. The molecule has 9 nitrogen and oxygen atoms in total. The van der Waals surface area contributed by atoms with Crippen molar-refractivity contribution < 1.29 is 37.0 Å². The number of H-pyrrole nitrogens is 1. The number of aromatic amines is 1. The smallest absolute Gasteiger partial charge is 0.416 e. The van der Waals surface area contributed by atoms with Crippen molar-refractivity contribution in [2.24, 2.45) is 5.92 Å². The number of alkyl halides is 3. The van der Waals surface area contributed by atoms with Crippen LogP contribution in [-0.2, 0) is 20.6 Å². The van der Waals surface area contributed by atoms with Crippen LogP contribution in [0.15, 0.2) is 76.6 Å². The van der Waals surface area contributed by atoms with Gasteiger partial charge in [0, 0.05) is 27.1 Å². The molecule has 232 valence electrons. The lowest BCUT2D eigenvalue weighted by atomic mass is 9.82. The second-order valence-electron chi connectivity index (χ2n) is 10.1. The Morgan fingerprint density at radius 3 is 2.51 bits per heavy atom. The van der Waals surface area contributed by atoms with Gasteiger partial charge in [-0.1, -0.05) is 40.8 Å². The van der Waals surface area contributed by atoms with Gasteiger partial charge in [0.05, 0.1) is 29.3 Å². The van der Waals surface area contributed by atoms with Crippen LogP contribution in [0.3, 0.4) is 0 Å². The number of nitrogens with zero attached hydrogens (tertiary/aromatic N) is 1. The van der Waals surface area contributed by atoms with Crippen molar-refractivity contribution in [3.63, 3.8) is 0 Å². The third-order valence-corrected chi connectivity index (χ3v) is 9.93. The molecule has 0 bridgehead atoms. The van der Waals surface area contributed by atoms with Gasteiger partial charge in [-0.3, -0.25) is 19.2 Å². The third-order valence-electron chi connectivity index (χ3n) is 7.29. The minimum atomic E-state index is -4.59. The summed E-state index contributed by atoms with van der Waals surface area (Å²) in [4.78, 5) is 56.9. The largest absolute Gasteiger partial charge is 0.497 e. The second kappa shape index (κ2) is 11.9. The molecule has 15 heteroatoms. The lowest BCUT2D eigenvalue weighted by molar-refractivity contribution is -0.137. The highest BCUT2D eigenvalue weighted by Gasteiger charge is 2.57. The van der Waals surface area contributed by atoms with Gasteiger partial charge >= 0.3 is 11.0 Å². The van der Waals surface area contributed by atoms with Crippen LogP contribution in [0.2, 0.25) is 5.02 Å². The average Bonchev–Trinajstić information content (AvgIpc) is 3.50. The summed E-state index contributed by atoms with van der Waals surface area (Å²) >= 11 is 8.37. The number of imide groups is 1. The van der Waals surface area contributed by atoms with Gasteiger partial charge in [-0.15, -0.1) is 0 Å². The number of carbonyl (C=O) groups excluding carboxylic acids is 3. The van der Waals surface area contributed by atoms with Crippen molar-refractivity contribution in [2.45, 2.75) is 22.4 Å². The van der Waals surface area contributed by atoms with Gasteiger partial charge < -0.3 is 19.8 Å². The fourth-order valence-electron chi connectivity index (χ4n) is 5.35. The molecule has 1 aromatic heterocycles. The number of ether oxygens (including phenoxy) is 2. The number of hydrogen-bond donors (Lipinski definition) is 2. The summed E-state index contributed by atoms with van der Waals surface area (Å²) in [5.41, 5.74) is -0.284. The molecule has 2 aliphatic rings. The number of halogens is 4. The summed E-state index contributed by atoms with van der Waals surface area (Å²) < 4.78 is 50.4. The van der Waals surface area contributed by atoms with Gasteiger partial charge in [-0.05, 0) is 60.7 Å². The zero-order valence-electron chi connectivity index (χ0n) is 23.0. The van der Waals surface area contributed by atoms with Gasteiger partial charge in [-0.25, -0.2) is 4.90 Å². The summed E-state index contributed by atoms with van der Waals surface area (Å²) in [6.45, 7) is -0.596. The normalized spacial score (nSPS) is 19.2. The predicted octanol–water partition coefficient (Wildman–Crippen LogP) is 5.93. The van der Waals surface area contributed by atoms with E-state index in [-0.39, 0.29) is 21.3 Å². The fourth-order valence-corrected chi connectivity index (χ4v) is 8.03. The predicted molar refractivity (Wildman–Crippen MR) is 162 cm³/mol. The monoisotopic (exact) mass is 675 g/mol. The van der Waals surface area contributed by atoms with Crippen molar-refractivity contribution in [2.75, 3.05) is 23.9 Å². The summed E-state index contributed by atoms with van der Waals surface area (Å²) in [5, 5.41) is 2.20. The van der Waals surface area contributed by atoms with Crippen LogP contribution in [0, 0.1) is 5.92 Å². The van der Waals surface area contributed by atoms with Gasteiger partial charge in [0.25, 0.3) is 5.91 Å². The highest BCUT2D eigenvalue weighted by Crippen LogP contribution is 2.54. The number of benzene rings is 3. The number of thioether (sulfide) groups is 1. The number of aromatic nitrogens is 1. The molecule has 0 spiro atoms. The van der Waals surface area contributed by atoms with Crippen LogP contribution in [0.1, 0.15) is 21.9 Å². The number of amides is 3. The maximum atomic E-state index is 14.0. The Bertz CT molecular complexity index is 1880. The molecule has 2 N–H and O–H groups in total. The minimum Gasteiger partial charge on any atom is -0.497 e. The number of carbonyl (C=O) groups is 3. The molecule has 3 heterocycles. The van der Waals surface area contributed by atoms with E-state index in [0.29, 0.717) is 26.9 Å². The molecule has 1 fully saturated rings. The Hall–Kier alpha value is -4.27. The van der Waals surface area contributed by atoms with Crippen molar-refractivity contribution in [3.05, 3.63) is 97.4 Å². The maximum absolute atomic E-state index is 14.0. The van der Waals surface area contributed by atoms with Crippen molar-refractivity contribution in [1.82, 2.24) is 4.98 Å². The number of anilines is 2. The molecule has 3 amide bonds. The van der Waals surface area contributed by atoms with Crippen LogP contribution in [0.4, 0.5) is 24.5 Å². The molecular formula is C30H21ClF3N3O6S2. The topological polar surface area (TPSA) is 118 Å². The first kappa shape index (κ1) is 30.7. The Labute approximate surface area is 266 Å². The summed E-state index contributed by atoms with van der Waals surface area (Å²) in [6, 6.07) is 15.2. The first-order valence-corrected chi connectivity index (χ1v) is 15.3. The quantitative estimate of drug-likeness (QED) is 0.233. The molecule has 45 heavy (non-hydrogen) atoms. The summed E-state index contributed by atoms with van der Waals surface area (Å²) in [7, 11) is 1.50. The Morgan fingerprint density at radius 1 is 1.04 bits per heavy atom. The van der Waals surface area contributed by atoms with Crippen molar-refractivity contribution in [1.29, 1.82) is 0 Å². The standard InChI is InChI=1S/C30H21ClF3N3O6S2/c1-42-18-8-6-17(7-9-18)37-27(39)23-22(24-26(36-29(41)45-24)44-25(23)28(37)40)19-12-15(31)5-10-20(19)43-13-21(38)35-16-4-2-3-14(11-16)30(32,33)34/h2-12,22-23,25H,13H2,1H3,(H,35,38)(H,36,41). The number of nitrogens with one attached hydrogen (secondary N) is 2. The molecule has 0 radical (unpaired) electrons. The molecular weight excluding hydrogens is 655 g/mol. The van der Waals surface area contributed by atoms with Crippen LogP contribution in [0.25, 0.3) is 0 Å². The number of rotatable bonds is 7. The number of fused-ring (bicyclic) bond motifs is 2. The van der Waals surface area contributed by atoms with E-state index in [0.717, 1.165) is 40.1 Å². The molecule has 3 atom stereocenters. The first-order valence-electron chi connectivity index (χ1n) is 13.3. The third kappa shape index (κ3) is 5.92. The number of methoxy groups -OCH3 is 1. The van der Waals surface area contributed by atoms with Gasteiger partial charge in [0.15, 0.2) is 6.61 Å². The Kier molecular flexibility index (Phi) is 8.14. The number of hydrogen-bond acceptors (Lipinski definition) is 8. The summed E-state index contributed by atoms with van der Waals surface area (Å²) in [5.74, 6) is -2.82. The SMILES string of the molecule is COc1ccc(N2C(=O)C3Sc4[nH]c(=O)sc4C(c4cc(Cl)ccc4OCC(=O)Nc4cccc(C(F)(F)F)c4)C3C2=O)cc1. The molecule has 3 aromatic carbocycles. The Balaban J connectivity index is 1.32. The van der Waals surface area contributed by atoms with Gasteiger partial charge in [-0.2, -0.15) is 13.2 Å². The van der Waals surface area contributed by atoms with E-state index in [1.807, 2.05) is 0 Å². The van der Waals surface area contributed by atoms with E-state index < -0.39 is 53.2 Å². The van der Waals surface area contributed by atoms with E-state index in [9.17, 15) is 32.3 Å². The first-order chi connectivity index (χ1) is 21.4. The van der Waals surface area contributed by atoms with Crippen molar-refractivity contribution >= 4 is 63.8 Å². The molecule has 6 rings (SSSR count). The summed E-state index contributed by atoms with van der Waals surface area (Å²) in [6.07, 6.45) is -4.59. The van der Waals surface area contributed by atoms with Gasteiger partial charge in [0.1, 0.15) is 16.7 Å². The zero-order valence-corrected chi connectivity index (χ0v) is 25.4. The Morgan fingerprint density at radius 2 is 1.80 bits per heavy atom. The average molecular weight is 676 g/mol. The van der Waals surface area contributed by atoms with Crippen LogP contribution >= 0.6 is 34.7 Å². The van der Waals surface area contributed by atoms with E-state index in [1.54, 1.807) is 30.3 Å². The highest BCUT2D eigenvalue weighted by atomic mass is 35.5. The molecule has 2 aliphatic heterocycles. The second-order valence-corrected chi connectivity index (χ2v) is 12.7. The van der Waals surface area contributed by atoms with E-state index in [4.69, 9.17) is 21.1 Å². The maximum Gasteiger partial charge on any atom is 0.416 e.